The highest BCUT2D eigenvalue weighted by atomic mass is 127. The number of carbonyl (C=O) groups is 3. The Labute approximate surface area is 701 Å². The van der Waals surface area contributed by atoms with Gasteiger partial charge in [-0.3, -0.25) is 43.5 Å². The van der Waals surface area contributed by atoms with Crippen molar-refractivity contribution in [3.8, 4) is 22.3 Å². The summed E-state index contributed by atoms with van der Waals surface area (Å²) in [5.74, 6) is 4.52. The molecule has 0 bridgehead atoms. The Balaban J connectivity index is 0.000000124. The number of amides is 3. The molecule has 0 aromatic carbocycles. The molecule has 0 radical (unpaired) electrons. The zero-order valence-electron chi connectivity index (χ0n) is 65.7. The van der Waals surface area contributed by atoms with Gasteiger partial charge in [0.1, 0.15) is 51.9 Å². The van der Waals surface area contributed by atoms with Crippen LogP contribution in [0.3, 0.4) is 0 Å². The summed E-state index contributed by atoms with van der Waals surface area (Å²) in [6.07, 6.45) is 31.3. The van der Waals surface area contributed by atoms with Gasteiger partial charge in [0, 0.05) is 171 Å². The Morgan fingerprint density at radius 2 is 0.888 bits per heavy atom. The van der Waals surface area contributed by atoms with Gasteiger partial charge in [-0.15, -0.1) is 0 Å². The van der Waals surface area contributed by atoms with Crippen LogP contribution < -0.4 is 47.9 Å². The molecule has 5 N–H and O–H groups in total. The quantitative estimate of drug-likeness (QED) is 0.0691. The van der Waals surface area contributed by atoms with Crippen LogP contribution in [0.15, 0.2) is 149 Å². The molecule has 8 aliphatic rings. The van der Waals surface area contributed by atoms with Crippen molar-refractivity contribution in [3.05, 3.63) is 238 Å². The first-order valence-electron chi connectivity index (χ1n) is 39.7. The minimum absolute atomic E-state index is 0.000385. The highest BCUT2D eigenvalue weighted by Gasteiger charge is 2.37. The van der Waals surface area contributed by atoms with Gasteiger partial charge >= 0.3 is 7.12 Å². The second-order valence-corrected chi connectivity index (χ2v) is 32.9. The highest BCUT2D eigenvalue weighted by molar-refractivity contribution is 14.1. The topological polar surface area (TPSA) is 309 Å². The third-order valence-electron chi connectivity index (χ3n) is 22.8. The predicted octanol–water partition coefficient (Wildman–Crippen LogP) is 12.2. The molecule has 596 valence electrons. The molecule has 3 aliphatic carbocycles. The van der Waals surface area contributed by atoms with E-state index in [1.807, 2.05) is 90.1 Å². The van der Waals surface area contributed by atoms with Gasteiger partial charge in [0.25, 0.3) is 34.4 Å². The average Bonchev–Trinajstić information content (AvgIpc) is 1.57. The van der Waals surface area contributed by atoms with E-state index in [-0.39, 0.29) is 34.4 Å². The number of aryl methyl sites for hydroxylation is 6. The molecule has 0 fully saturated rings. The summed E-state index contributed by atoms with van der Waals surface area (Å²) >= 11 is 8.69. The lowest BCUT2D eigenvalue weighted by atomic mass is 9.77. The Kier molecular flexibility index (Phi) is 24.1. The number of nitrogen functional groups attached to an aromatic ring is 1. The van der Waals surface area contributed by atoms with Crippen molar-refractivity contribution in [2.24, 2.45) is 31.1 Å². The number of nitrogens with two attached hydrogens (primary N) is 1. The van der Waals surface area contributed by atoms with E-state index in [1.54, 1.807) is 76.5 Å². The molecule has 0 unspecified atom stereocenters. The number of pyridine rings is 8. The van der Waals surface area contributed by atoms with E-state index in [0.29, 0.717) is 81.7 Å². The van der Waals surface area contributed by atoms with Crippen LogP contribution in [-0.4, -0.2) is 119 Å². The van der Waals surface area contributed by atoms with Crippen LogP contribution in [0.4, 0.5) is 46.4 Å². The van der Waals surface area contributed by atoms with Gasteiger partial charge in [-0.1, -0.05) is 32.9 Å². The molecule has 0 saturated heterocycles. The van der Waals surface area contributed by atoms with Crippen molar-refractivity contribution in [1.29, 1.82) is 0 Å². The summed E-state index contributed by atoms with van der Waals surface area (Å²) < 4.78 is 13.5. The number of carbonyl (C=O) groups excluding carboxylic acids is 3. The van der Waals surface area contributed by atoms with Gasteiger partial charge in [-0.2, -0.15) is 0 Å². The molecular weight excluding hydrogens is 1710 g/mol. The maximum Gasteiger partial charge on any atom is 0.488 e. The Morgan fingerprint density at radius 1 is 0.474 bits per heavy atom. The van der Waals surface area contributed by atoms with Crippen LogP contribution in [0.2, 0.25) is 0 Å². The number of fused-ring (bicyclic) bond motifs is 11. The largest absolute Gasteiger partial charge is 0.488 e. The number of aromatic nitrogens is 11. The number of rotatable bonds is 11. The molecule has 26 nitrogen and oxygen atoms in total. The zero-order chi connectivity index (χ0) is 81.3. The summed E-state index contributed by atoms with van der Waals surface area (Å²) in [7, 11) is 3.66. The standard InChI is InChI=1S/C31H31N7O2.C24H25BrN4O2.C18H22BN3O3.C7H7N3.C6H5BrINO/c1-3-22-23(21-16-24(30(39)36(2)18-21)34-27-9-8-19-10-12-32-28(19)35-27)11-13-33-29(22)38-15-14-37-25-7-5-4-6-20(25)17-26(37)31(38)40;1-3-17-18(16-12-19(25)23(30)27(2)14-16)8-9-26-22(17)29-11-10-28-20-7-5-4-6-15(20)13-21(28)24(29)31;1-2-13-14(19(24)25)7-8-20-17(13)22-10-9-21-15-6-4-3-5-12(15)11-16(21)18(22)23;8-6-2-1-5-3-4-9-7(5)10-6;1-9-3-4(8)2-5(7)6(9)10/h8-9,11-13,16-18H,3-7,10,14-15H2,1-2H3,(H,34,35);8-9,12-14H,3-7,10-11H2,1-2H3;7-8,11,24-25H,2-6,9-10H2,1H3;1-2,4H,3H2,(H2,8,10);2-3H,1H3. The van der Waals surface area contributed by atoms with E-state index in [0.717, 1.165) is 160 Å². The minimum Gasteiger partial charge on any atom is -0.423 e. The Morgan fingerprint density at radius 3 is 1.34 bits per heavy atom. The van der Waals surface area contributed by atoms with E-state index < -0.39 is 7.12 Å². The van der Waals surface area contributed by atoms with Gasteiger partial charge in [0.2, 0.25) is 0 Å². The van der Waals surface area contributed by atoms with E-state index >= 15 is 0 Å². The van der Waals surface area contributed by atoms with E-state index in [9.17, 15) is 38.8 Å². The molecule has 11 aromatic rings. The smallest absolute Gasteiger partial charge is 0.423 e. The lowest BCUT2D eigenvalue weighted by Gasteiger charge is -2.31. The number of aliphatic imine (C=N–C) groups is 2. The van der Waals surface area contributed by atoms with E-state index in [1.165, 1.54) is 78.5 Å². The Bertz CT molecular complexity index is 5930. The number of hydrogen-bond acceptors (Lipinski definition) is 17. The first-order valence-corrected chi connectivity index (χ1v) is 42.3. The molecule has 0 saturated carbocycles. The van der Waals surface area contributed by atoms with Crippen LogP contribution in [0.1, 0.15) is 152 Å². The molecule has 0 atom stereocenters. The molecule has 19 rings (SSSR count). The van der Waals surface area contributed by atoms with Gasteiger partial charge in [-0.05, 0) is 262 Å². The monoisotopic (exact) mass is 1800 g/mol. The second-order valence-electron chi connectivity index (χ2n) is 29.9. The number of nitrogens with zero attached hydrogens (tertiary/aromatic N) is 16. The fourth-order valence-corrected chi connectivity index (χ4v) is 19.3. The maximum atomic E-state index is 13.8. The summed E-state index contributed by atoms with van der Waals surface area (Å²) in [5.41, 5.74) is 25.0. The van der Waals surface area contributed by atoms with Gasteiger partial charge in [-0.25, -0.2) is 34.9 Å². The average molecular weight is 1800 g/mol. The highest BCUT2D eigenvalue weighted by Crippen LogP contribution is 2.39. The molecule has 0 spiro atoms. The molecule has 11 aromatic heterocycles. The number of anilines is 6. The summed E-state index contributed by atoms with van der Waals surface area (Å²) in [6.45, 7) is 10.2. The van der Waals surface area contributed by atoms with Gasteiger partial charge in [0.05, 0.1) is 8.95 Å². The lowest BCUT2D eigenvalue weighted by Crippen LogP contribution is -2.43. The molecule has 116 heavy (non-hydrogen) atoms. The molecule has 30 heteroatoms. The molecular formula is C86H90BBr2IN18O8. The van der Waals surface area contributed by atoms with Crippen molar-refractivity contribution in [1.82, 2.24) is 52.3 Å². The Hall–Kier alpha value is -10.5. The maximum absolute atomic E-state index is 13.8. The van der Waals surface area contributed by atoms with Gasteiger partial charge < -0.3 is 48.5 Å². The van der Waals surface area contributed by atoms with Crippen LogP contribution in [-0.2, 0) is 111 Å². The van der Waals surface area contributed by atoms with Crippen LogP contribution in [0, 0.1) is 3.57 Å². The lowest BCUT2D eigenvalue weighted by molar-refractivity contribution is 0.0956. The number of hydrogen-bond donors (Lipinski definition) is 4. The predicted molar refractivity (Wildman–Crippen MR) is 470 cm³/mol. The first kappa shape index (κ1) is 80.6. The number of nitrogens with one attached hydrogen (secondary N) is 1. The first-order chi connectivity index (χ1) is 56.1. The molecule has 3 amide bonds. The minimum atomic E-state index is -1.56. The van der Waals surface area contributed by atoms with Crippen molar-refractivity contribution in [3.63, 3.8) is 0 Å². The van der Waals surface area contributed by atoms with Crippen LogP contribution in [0.25, 0.3) is 22.3 Å². The normalized spacial score (nSPS) is 15.2. The van der Waals surface area contributed by atoms with Crippen molar-refractivity contribution in [2.75, 3.05) is 45.4 Å². The summed E-state index contributed by atoms with van der Waals surface area (Å²) in [4.78, 5) is 113. The summed E-state index contributed by atoms with van der Waals surface area (Å²) in [5, 5.41) is 22.4. The molecule has 16 heterocycles. The van der Waals surface area contributed by atoms with Crippen LogP contribution in [0.5, 0.6) is 0 Å². The van der Waals surface area contributed by atoms with Gasteiger partial charge in [0.15, 0.2) is 11.6 Å². The van der Waals surface area contributed by atoms with Crippen molar-refractivity contribution >= 4 is 144 Å². The van der Waals surface area contributed by atoms with E-state index in [4.69, 9.17) is 10.7 Å². The van der Waals surface area contributed by atoms with Crippen molar-refractivity contribution < 1.29 is 24.4 Å². The zero-order valence-corrected chi connectivity index (χ0v) is 71.0. The number of halogens is 3. The second kappa shape index (κ2) is 34.7. The third kappa shape index (κ3) is 16.1. The fraction of sp³-hybridized carbons (Fsp3) is 0.337. The third-order valence-corrected chi connectivity index (χ3v) is 24.5. The molecule has 5 aliphatic heterocycles. The van der Waals surface area contributed by atoms with E-state index in [2.05, 4.69) is 129 Å². The van der Waals surface area contributed by atoms with Crippen LogP contribution >= 0.6 is 54.5 Å². The van der Waals surface area contributed by atoms with Crippen molar-refractivity contribution in [2.45, 2.75) is 150 Å². The SMILES string of the molecule is CCc1c(-c2cc(Br)c(=O)n(C)c2)ccnc1N1CCn2c(cc3c2CCCC3)C1=O.CCc1c(-c2cc(Nc3ccc4c(n3)N=CC4)c(=O)n(C)c2)ccnc1N1CCn2c(cc3c2CCCC3)C1=O.CCc1c(B(O)O)ccnc1N1CCn2c(cc3c2CCCC3)C1=O.Cn1cc(I)cc(Br)c1=O.Nc1ccc2c(n1)N=CC2. The fourth-order valence-electron chi connectivity index (χ4n) is 17.1. The summed E-state index contributed by atoms with van der Waals surface area (Å²) in [6, 6.07) is 24.9.